The summed E-state index contributed by atoms with van der Waals surface area (Å²) in [5, 5.41) is 10.9. The van der Waals surface area contributed by atoms with E-state index in [2.05, 4.69) is 27.3 Å². The molecule has 18 heavy (non-hydrogen) atoms. The Balaban J connectivity index is 2.10. The number of nitrogens with zero attached hydrogens (tertiary/aromatic N) is 4. The van der Waals surface area contributed by atoms with Crippen LogP contribution in [0.1, 0.15) is 19.8 Å². The SMILES string of the molecule is CCN1CCC[C@@H](Nc2nnc(Cl)n(C)c2=O)C1. The maximum Gasteiger partial charge on any atom is 0.297 e. The standard InChI is InChI=1S/C11H18ClN5O/c1-3-17-6-4-5-8(7-17)13-9-10(18)16(2)11(12)15-14-9/h8H,3-7H2,1-2H3,(H,13,14)/t8-/m1/s1. The summed E-state index contributed by atoms with van der Waals surface area (Å²) in [6, 6.07) is 0.252. The average Bonchev–Trinajstić information content (AvgIpc) is 2.40. The Morgan fingerprint density at radius 1 is 1.50 bits per heavy atom. The molecular weight excluding hydrogens is 254 g/mol. The summed E-state index contributed by atoms with van der Waals surface area (Å²) in [5.41, 5.74) is -0.233. The van der Waals surface area contributed by atoms with E-state index in [0.29, 0.717) is 0 Å². The minimum atomic E-state index is -0.233. The van der Waals surface area contributed by atoms with Crippen molar-refractivity contribution in [3.8, 4) is 0 Å². The summed E-state index contributed by atoms with van der Waals surface area (Å²) in [6.45, 7) is 5.23. The highest BCUT2D eigenvalue weighted by molar-refractivity contribution is 6.28. The molecule has 1 aromatic rings. The van der Waals surface area contributed by atoms with Crippen LogP contribution >= 0.6 is 11.6 Å². The molecule has 2 heterocycles. The van der Waals surface area contributed by atoms with Crippen LogP contribution in [0.5, 0.6) is 0 Å². The van der Waals surface area contributed by atoms with Crippen LogP contribution < -0.4 is 10.9 Å². The van der Waals surface area contributed by atoms with Gasteiger partial charge >= 0.3 is 0 Å². The number of rotatable bonds is 3. The molecular formula is C11H18ClN5O. The molecule has 1 fully saturated rings. The molecule has 6 nitrogen and oxygen atoms in total. The number of hydrogen-bond acceptors (Lipinski definition) is 5. The van der Waals surface area contributed by atoms with Crippen molar-refractivity contribution < 1.29 is 0 Å². The molecule has 1 saturated heterocycles. The number of nitrogens with one attached hydrogen (secondary N) is 1. The Kier molecular flexibility index (Phi) is 4.19. The predicted molar refractivity (Wildman–Crippen MR) is 71.0 cm³/mol. The zero-order valence-electron chi connectivity index (χ0n) is 10.7. The second-order valence-corrected chi connectivity index (χ2v) is 4.90. The summed E-state index contributed by atoms with van der Waals surface area (Å²) in [6.07, 6.45) is 2.18. The van der Waals surface area contributed by atoms with E-state index in [4.69, 9.17) is 11.6 Å². The van der Waals surface area contributed by atoms with Gasteiger partial charge in [0.1, 0.15) is 0 Å². The minimum absolute atomic E-state index is 0.101. The average molecular weight is 272 g/mol. The maximum atomic E-state index is 11.9. The van der Waals surface area contributed by atoms with Crippen molar-refractivity contribution in [3.05, 3.63) is 15.6 Å². The van der Waals surface area contributed by atoms with Crippen LogP contribution in [0.25, 0.3) is 0 Å². The summed E-state index contributed by atoms with van der Waals surface area (Å²) in [7, 11) is 1.59. The van der Waals surface area contributed by atoms with Crippen LogP contribution in [0.3, 0.4) is 0 Å². The van der Waals surface area contributed by atoms with E-state index in [9.17, 15) is 4.79 Å². The molecule has 7 heteroatoms. The highest BCUT2D eigenvalue weighted by Gasteiger charge is 2.20. The summed E-state index contributed by atoms with van der Waals surface area (Å²) in [5.74, 6) is 0.282. The summed E-state index contributed by atoms with van der Waals surface area (Å²) < 4.78 is 1.29. The monoisotopic (exact) mass is 271 g/mol. The van der Waals surface area contributed by atoms with Gasteiger partial charge in [-0.1, -0.05) is 6.92 Å². The third-order valence-electron chi connectivity index (χ3n) is 3.31. The number of halogens is 1. The summed E-state index contributed by atoms with van der Waals surface area (Å²) in [4.78, 5) is 14.3. The highest BCUT2D eigenvalue weighted by Crippen LogP contribution is 2.12. The van der Waals surface area contributed by atoms with Gasteiger partial charge in [-0.15, -0.1) is 10.2 Å². The second-order valence-electron chi connectivity index (χ2n) is 4.56. The number of aromatic nitrogens is 3. The molecule has 2 rings (SSSR count). The van der Waals surface area contributed by atoms with Crippen LogP contribution in [-0.2, 0) is 7.05 Å². The van der Waals surface area contributed by atoms with Crippen molar-refractivity contribution in [2.24, 2.45) is 7.05 Å². The van der Waals surface area contributed by atoms with Crippen molar-refractivity contribution in [2.45, 2.75) is 25.8 Å². The molecule has 0 radical (unpaired) electrons. The van der Waals surface area contributed by atoms with Crippen LogP contribution in [0, 0.1) is 0 Å². The molecule has 0 bridgehead atoms. The zero-order chi connectivity index (χ0) is 13.1. The van der Waals surface area contributed by atoms with Gasteiger partial charge in [-0.05, 0) is 37.5 Å². The van der Waals surface area contributed by atoms with E-state index in [1.54, 1.807) is 7.05 Å². The Morgan fingerprint density at radius 3 is 3.00 bits per heavy atom. The van der Waals surface area contributed by atoms with Gasteiger partial charge in [0.2, 0.25) is 11.1 Å². The first-order valence-corrected chi connectivity index (χ1v) is 6.57. The number of likely N-dealkylation sites (tertiary alicyclic amines) is 1. The first-order chi connectivity index (χ1) is 8.61. The minimum Gasteiger partial charge on any atom is -0.360 e. The van der Waals surface area contributed by atoms with E-state index in [1.807, 2.05) is 0 Å². The quantitative estimate of drug-likeness (QED) is 0.878. The van der Waals surface area contributed by atoms with Gasteiger partial charge in [0.15, 0.2) is 0 Å². The lowest BCUT2D eigenvalue weighted by Gasteiger charge is -2.32. The van der Waals surface area contributed by atoms with Gasteiger partial charge in [-0.25, -0.2) is 0 Å². The fourth-order valence-corrected chi connectivity index (χ4v) is 2.30. The van der Waals surface area contributed by atoms with Gasteiger partial charge in [-0.3, -0.25) is 9.36 Å². The molecule has 0 saturated carbocycles. The lowest BCUT2D eigenvalue weighted by molar-refractivity contribution is 0.226. The molecule has 0 aromatic carbocycles. The first-order valence-electron chi connectivity index (χ1n) is 6.20. The second kappa shape index (κ2) is 5.67. The van der Waals surface area contributed by atoms with E-state index in [-0.39, 0.29) is 22.7 Å². The highest BCUT2D eigenvalue weighted by atomic mass is 35.5. The number of hydrogen-bond donors (Lipinski definition) is 1. The van der Waals surface area contributed by atoms with Gasteiger partial charge in [0.25, 0.3) is 5.56 Å². The molecule has 0 spiro atoms. The molecule has 0 amide bonds. The third kappa shape index (κ3) is 2.81. The van der Waals surface area contributed by atoms with Gasteiger partial charge in [0, 0.05) is 19.6 Å². The van der Waals surface area contributed by atoms with Crippen molar-refractivity contribution in [1.29, 1.82) is 0 Å². The number of likely N-dealkylation sites (N-methyl/N-ethyl adjacent to an activating group) is 1. The van der Waals surface area contributed by atoms with E-state index in [1.165, 1.54) is 4.57 Å². The maximum absolute atomic E-state index is 11.9. The van der Waals surface area contributed by atoms with Crippen LogP contribution in [-0.4, -0.2) is 45.3 Å². The van der Waals surface area contributed by atoms with E-state index in [0.717, 1.165) is 32.5 Å². The van der Waals surface area contributed by atoms with Crippen LogP contribution in [0.4, 0.5) is 5.82 Å². The topological polar surface area (TPSA) is 63.0 Å². The normalized spacial score (nSPS) is 20.9. The predicted octanol–water partition coefficient (Wildman–Crippen LogP) is 0.725. The Labute approximate surface area is 111 Å². The molecule has 1 aliphatic rings. The fraction of sp³-hybridized carbons (Fsp3) is 0.727. The van der Waals surface area contributed by atoms with Crippen LogP contribution in [0.2, 0.25) is 5.28 Å². The van der Waals surface area contributed by atoms with Gasteiger partial charge in [0.05, 0.1) is 0 Å². The van der Waals surface area contributed by atoms with Crippen molar-refractivity contribution in [2.75, 3.05) is 25.0 Å². The first kappa shape index (κ1) is 13.3. The lowest BCUT2D eigenvalue weighted by Crippen LogP contribution is -2.43. The molecule has 0 unspecified atom stereocenters. The van der Waals surface area contributed by atoms with E-state index < -0.39 is 0 Å². The zero-order valence-corrected chi connectivity index (χ0v) is 11.4. The smallest absolute Gasteiger partial charge is 0.297 e. The largest absolute Gasteiger partial charge is 0.360 e. The number of piperidine rings is 1. The Hall–Kier alpha value is -1.14. The molecule has 1 N–H and O–H groups in total. The Morgan fingerprint density at radius 2 is 2.28 bits per heavy atom. The Bertz CT molecular complexity index is 475. The van der Waals surface area contributed by atoms with Crippen molar-refractivity contribution in [3.63, 3.8) is 0 Å². The molecule has 1 atom stereocenters. The fourth-order valence-electron chi connectivity index (χ4n) is 2.19. The molecule has 100 valence electrons. The molecule has 1 aliphatic heterocycles. The van der Waals surface area contributed by atoms with Gasteiger partial charge in [-0.2, -0.15) is 0 Å². The lowest BCUT2D eigenvalue weighted by atomic mass is 10.1. The van der Waals surface area contributed by atoms with Crippen molar-refractivity contribution in [1.82, 2.24) is 19.7 Å². The van der Waals surface area contributed by atoms with Gasteiger partial charge < -0.3 is 10.2 Å². The number of anilines is 1. The molecule has 1 aromatic heterocycles. The van der Waals surface area contributed by atoms with E-state index >= 15 is 0 Å². The third-order valence-corrected chi connectivity index (χ3v) is 3.64. The molecule has 0 aliphatic carbocycles. The summed E-state index contributed by atoms with van der Waals surface area (Å²) >= 11 is 5.73. The van der Waals surface area contributed by atoms with Crippen LogP contribution in [0.15, 0.2) is 4.79 Å². The van der Waals surface area contributed by atoms with Crippen molar-refractivity contribution >= 4 is 17.4 Å².